The Labute approximate surface area is 168 Å². The summed E-state index contributed by atoms with van der Waals surface area (Å²) < 4.78 is 0. The molecule has 2 aromatic carbocycles. The van der Waals surface area contributed by atoms with E-state index in [0.29, 0.717) is 0 Å². The first-order chi connectivity index (χ1) is 8.93. The van der Waals surface area contributed by atoms with Gasteiger partial charge in [0.1, 0.15) is 0 Å². The average Bonchev–Trinajstić information content (AvgIpc) is 3.08. The van der Waals surface area contributed by atoms with E-state index in [-0.39, 0.29) is 63.4 Å². The normalized spacial score (nSPS) is 9.82. The van der Waals surface area contributed by atoms with Crippen LogP contribution in [-0.4, -0.2) is 4.98 Å². The summed E-state index contributed by atoms with van der Waals surface area (Å²) >= 11 is 0. The second-order valence-corrected chi connectivity index (χ2v) is 4.31. The van der Waals surface area contributed by atoms with Crippen LogP contribution in [0.5, 0.6) is 0 Å². The van der Waals surface area contributed by atoms with Gasteiger partial charge in [0.2, 0.25) is 0 Å². The maximum absolute atomic E-state index is 2.99. The van der Waals surface area contributed by atoms with Crippen LogP contribution in [0.1, 0.15) is 11.1 Å². The van der Waals surface area contributed by atoms with E-state index in [1.54, 1.807) is 0 Å². The summed E-state index contributed by atoms with van der Waals surface area (Å²) in [5.41, 5.74) is 3.99. The third kappa shape index (κ3) is 5.93. The molecule has 0 spiro atoms. The molecular weight excluding hydrogens is 416 g/mol. The summed E-state index contributed by atoms with van der Waals surface area (Å²) in [6, 6.07) is 18.6. The number of allylic oxidation sites excluding steroid dienone is 1. The largest absolute Gasteiger partial charge is 4.00 e. The summed E-state index contributed by atoms with van der Waals surface area (Å²) in [4.78, 5) is 2.99. The van der Waals surface area contributed by atoms with Crippen LogP contribution < -0.4 is 37.2 Å². The van der Waals surface area contributed by atoms with Crippen LogP contribution in [0, 0.1) is 6.20 Å². The van der Waals surface area contributed by atoms with Crippen molar-refractivity contribution in [3.8, 4) is 0 Å². The molecule has 3 aromatic rings. The van der Waals surface area contributed by atoms with Crippen molar-refractivity contribution in [2.45, 2.75) is 6.42 Å². The Morgan fingerprint density at radius 2 is 1.55 bits per heavy atom. The van der Waals surface area contributed by atoms with E-state index in [9.17, 15) is 0 Å². The van der Waals surface area contributed by atoms with Crippen LogP contribution >= 0.6 is 0 Å². The minimum atomic E-state index is 0. The summed E-state index contributed by atoms with van der Waals surface area (Å²) in [5.74, 6) is 0. The first-order valence-electron chi connectivity index (χ1n) is 6.12. The van der Waals surface area contributed by atoms with Gasteiger partial charge in [0.05, 0.1) is 0 Å². The average molecular weight is 430 g/mol. The molecule has 1 N–H and O–H groups in total. The number of aromatic nitrogens is 1. The van der Waals surface area contributed by atoms with Crippen molar-refractivity contribution < 1.29 is 63.4 Å². The van der Waals surface area contributed by atoms with Crippen LogP contribution in [-0.2, 0) is 32.6 Å². The molecule has 4 rings (SSSR count). The molecule has 0 atom stereocenters. The maximum atomic E-state index is 2.99. The quantitative estimate of drug-likeness (QED) is 0.345. The molecule has 1 heterocycles. The molecule has 0 unspecified atom stereocenters. The van der Waals surface area contributed by atoms with E-state index < -0.39 is 0 Å². The number of halogens is 3. The van der Waals surface area contributed by atoms with E-state index in [2.05, 4.69) is 53.7 Å². The number of nitrogens with one attached hydrogen (secondary N) is 1. The van der Waals surface area contributed by atoms with Crippen molar-refractivity contribution in [2.24, 2.45) is 0 Å². The number of rotatable bonds is 0. The topological polar surface area (TPSA) is 15.8 Å². The molecule has 22 heavy (non-hydrogen) atoms. The fraction of sp³-hybridized carbons (Fsp3) is 0.0588. The Bertz CT molecular complexity index is 665. The number of hydrogen-bond donors (Lipinski definition) is 1. The summed E-state index contributed by atoms with van der Waals surface area (Å²) in [7, 11) is 0. The Kier molecular flexibility index (Phi) is 12.9. The van der Waals surface area contributed by atoms with Crippen molar-refractivity contribution in [1.29, 1.82) is 0 Å². The van der Waals surface area contributed by atoms with Gasteiger partial charge in [0.25, 0.3) is 0 Å². The van der Waals surface area contributed by atoms with Crippen molar-refractivity contribution in [3.05, 3.63) is 78.0 Å². The molecule has 0 radical (unpaired) electrons. The minimum Gasteiger partial charge on any atom is -1.00 e. The van der Waals surface area contributed by atoms with E-state index in [1.165, 1.54) is 16.5 Å². The third-order valence-electron chi connectivity index (χ3n) is 3.09. The fourth-order valence-electron chi connectivity index (χ4n) is 2.12. The zero-order valence-corrected chi connectivity index (χ0v) is 16.4. The van der Waals surface area contributed by atoms with Crippen LogP contribution in [0.3, 0.4) is 0 Å². The molecule has 112 valence electrons. The van der Waals surface area contributed by atoms with Gasteiger partial charge in [-0.1, -0.05) is 48.6 Å². The summed E-state index contributed by atoms with van der Waals surface area (Å²) in [6.45, 7) is 0. The molecule has 0 fully saturated rings. The van der Waals surface area contributed by atoms with Crippen molar-refractivity contribution >= 4 is 17.0 Å². The minimum absolute atomic E-state index is 0. The van der Waals surface area contributed by atoms with Crippen molar-refractivity contribution in [1.82, 2.24) is 4.98 Å². The second kappa shape index (κ2) is 12.0. The fourth-order valence-corrected chi connectivity index (χ4v) is 2.12. The molecule has 1 aromatic heterocycles. The number of benzene rings is 2. The van der Waals surface area contributed by atoms with E-state index in [4.69, 9.17) is 0 Å². The van der Waals surface area contributed by atoms with Gasteiger partial charge in [-0.05, 0) is 17.5 Å². The van der Waals surface area contributed by atoms with E-state index >= 15 is 0 Å². The SMILES string of the molecule is C1=Cc2ccccc2C1.[Cl-].[Cl-].[Cl-].[Zr+4].[c-]1cc2ccccc2[nH]1. The first-order valence-corrected chi connectivity index (χ1v) is 6.12. The first kappa shape index (κ1) is 23.7. The van der Waals surface area contributed by atoms with E-state index in [0.717, 1.165) is 11.9 Å². The zero-order chi connectivity index (χ0) is 12.2. The van der Waals surface area contributed by atoms with Crippen LogP contribution in [0.15, 0.2) is 60.7 Å². The maximum Gasteiger partial charge on any atom is 4.00 e. The van der Waals surface area contributed by atoms with Crippen LogP contribution in [0.25, 0.3) is 17.0 Å². The van der Waals surface area contributed by atoms with Gasteiger partial charge in [-0.2, -0.15) is 11.5 Å². The molecule has 0 saturated carbocycles. The third-order valence-corrected chi connectivity index (χ3v) is 3.09. The molecule has 0 aliphatic heterocycles. The molecule has 0 amide bonds. The Morgan fingerprint density at radius 3 is 2.27 bits per heavy atom. The Hall–Kier alpha value is -0.527. The second-order valence-electron chi connectivity index (χ2n) is 4.31. The van der Waals surface area contributed by atoms with Crippen LogP contribution in [0.4, 0.5) is 0 Å². The number of fused-ring (bicyclic) bond motifs is 2. The smallest absolute Gasteiger partial charge is 1.00 e. The predicted molar refractivity (Wildman–Crippen MR) is 76.3 cm³/mol. The monoisotopic (exact) mass is 427 g/mol. The van der Waals surface area contributed by atoms with Gasteiger partial charge in [0.15, 0.2) is 0 Å². The molecule has 0 saturated heterocycles. The Morgan fingerprint density at radius 1 is 0.864 bits per heavy atom. The molecule has 1 nitrogen and oxygen atoms in total. The van der Waals surface area contributed by atoms with E-state index in [1.807, 2.05) is 24.3 Å². The Balaban J connectivity index is 0. The van der Waals surface area contributed by atoms with Crippen molar-refractivity contribution in [3.63, 3.8) is 0 Å². The van der Waals surface area contributed by atoms with Crippen molar-refractivity contribution in [2.75, 3.05) is 0 Å². The number of para-hydroxylation sites is 1. The number of hydrogen-bond acceptors (Lipinski definition) is 0. The van der Waals surface area contributed by atoms with Gasteiger partial charge >= 0.3 is 26.2 Å². The predicted octanol–water partition coefficient (Wildman–Crippen LogP) is -4.77. The standard InChI is InChI=1S/C9H8.C8H6N.3ClH.Zr/c1-2-5-9-7-3-6-8(9)4-1;1-2-4-8-7(3-1)5-6-9-8;;;;/h1-6H,7H2;1-5,9H;3*1H;/q;-1;;;;+4/p-3. The van der Waals surface area contributed by atoms with Gasteiger partial charge in [-0.25, -0.2) is 0 Å². The molecule has 0 bridgehead atoms. The summed E-state index contributed by atoms with van der Waals surface area (Å²) in [6.07, 6.45) is 8.41. The molecular formula is C17H14Cl3NZr. The zero-order valence-electron chi connectivity index (χ0n) is 11.7. The molecule has 1 aliphatic carbocycles. The molecule has 5 heteroatoms. The van der Waals surface area contributed by atoms with Gasteiger partial charge in [-0.15, -0.1) is 23.8 Å². The summed E-state index contributed by atoms with van der Waals surface area (Å²) in [5, 5.41) is 1.22. The van der Waals surface area contributed by atoms with Gasteiger partial charge in [-0.3, -0.25) is 0 Å². The van der Waals surface area contributed by atoms with Crippen LogP contribution in [0.2, 0.25) is 0 Å². The number of H-pyrrole nitrogens is 1. The van der Waals surface area contributed by atoms with Gasteiger partial charge in [0, 0.05) is 0 Å². The van der Waals surface area contributed by atoms with Gasteiger partial charge < -0.3 is 42.2 Å². The number of aromatic amines is 1. The molecule has 1 aliphatic rings.